The molecular weight excluding hydrogens is 322 g/mol. The molecule has 0 fully saturated rings. The van der Waals surface area contributed by atoms with E-state index in [4.69, 9.17) is 0 Å². The third kappa shape index (κ3) is 4.19. The molecule has 0 aromatic carbocycles. The second kappa shape index (κ2) is 8.35. The number of thioether (sulfide) groups is 1. The van der Waals surface area contributed by atoms with Crippen molar-refractivity contribution >= 4 is 17.7 Å². The van der Waals surface area contributed by atoms with Crippen LogP contribution in [0.4, 0.5) is 0 Å². The van der Waals surface area contributed by atoms with E-state index >= 15 is 0 Å². The lowest BCUT2D eigenvalue weighted by atomic mass is 10.2. The van der Waals surface area contributed by atoms with Gasteiger partial charge in [0.15, 0.2) is 0 Å². The summed E-state index contributed by atoms with van der Waals surface area (Å²) >= 11 is 1.55. The Morgan fingerprint density at radius 3 is 2.75 bits per heavy atom. The van der Waals surface area contributed by atoms with Crippen LogP contribution in [0.15, 0.2) is 30.5 Å². The van der Waals surface area contributed by atoms with Crippen molar-refractivity contribution in [1.82, 2.24) is 14.9 Å². The fourth-order valence-corrected chi connectivity index (χ4v) is 3.37. The number of aryl methyl sites for hydroxylation is 1. The van der Waals surface area contributed by atoms with Gasteiger partial charge in [-0.3, -0.25) is 9.78 Å². The number of carbonyl (C=O) groups is 1. The van der Waals surface area contributed by atoms with Gasteiger partial charge in [0.2, 0.25) is 0 Å². The van der Waals surface area contributed by atoms with Crippen LogP contribution in [0.25, 0.3) is 0 Å². The van der Waals surface area contributed by atoms with E-state index in [1.807, 2.05) is 51.3 Å². The fourth-order valence-electron chi connectivity index (χ4n) is 2.74. The van der Waals surface area contributed by atoms with E-state index in [2.05, 4.69) is 14.9 Å². The van der Waals surface area contributed by atoms with Gasteiger partial charge in [0.25, 0.3) is 5.91 Å². The van der Waals surface area contributed by atoms with Crippen molar-refractivity contribution in [1.29, 1.82) is 0 Å². The Hall–Kier alpha value is -1.79. The molecule has 0 radical (unpaired) electrons. The van der Waals surface area contributed by atoms with Gasteiger partial charge in [0, 0.05) is 28.9 Å². The van der Waals surface area contributed by atoms with Crippen LogP contribution in [0.1, 0.15) is 34.4 Å². The summed E-state index contributed by atoms with van der Waals surface area (Å²) in [4.78, 5) is 17.0. The summed E-state index contributed by atoms with van der Waals surface area (Å²) in [5.74, 6) is -0.102. The van der Waals surface area contributed by atoms with Gasteiger partial charge in [-0.05, 0) is 45.2 Å². The quantitative estimate of drug-likeness (QED) is 0.807. The minimum Gasteiger partial charge on any atom is -0.395 e. The number of aromatic nitrogens is 2. The van der Waals surface area contributed by atoms with Gasteiger partial charge in [-0.25, -0.2) is 0 Å². The summed E-state index contributed by atoms with van der Waals surface area (Å²) in [7, 11) is 0. The van der Waals surface area contributed by atoms with E-state index in [0.29, 0.717) is 12.1 Å². The molecule has 0 spiro atoms. The van der Waals surface area contributed by atoms with Gasteiger partial charge in [-0.15, -0.1) is 0 Å². The predicted octanol–water partition coefficient (Wildman–Crippen LogP) is 2.39. The minimum absolute atomic E-state index is 0.00837. The van der Waals surface area contributed by atoms with Crippen molar-refractivity contribution < 1.29 is 9.90 Å². The number of aliphatic hydroxyl groups excluding tert-OH is 1. The smallest absolute Gasteiger partial charge is 0.253 e. The Morgan fingerprint density at radius 1 is 1.42 bits per heavy atom. The molecule has 130 valence electrons. The zero-order chi connectivity index (χ0) is 17.7. The first kappa shape index (κ1) is 18.5. The van der Waals surface area contributed by atoms with Crippen molar-refractivity contribution in [3.8, 4) is 0 Å². The van der Waals surface area contributed by atoms with Gasteiger partial charge in [-0.2, -0.15) is 11.8 Å². The number of nitrogens with one attached hydrogen (secondary N) is 1. The molecule has 2 aromatic heterocycles. The van der Waals surface area contributed by atoms with Crippen LogP contribution < -0.4 is 5.32 Å². The van der Waals surface area contributed by atoms with Crippen LogP contribution in [0.5, 0.6) is 0 Å². The summed E-state index contributed by atoms with van der Waals surface area (Å²) in [6.45, 7) is 6.55. The summed E-state index contributed by atoms with van der Waals surface area (Å²) in [5.41, 5.74) is 3.59. The molecule has 2 rings (SSSR count). The van der Waals surface area contributed by atoms with E-state index in [9.17, 15) is 9.90 Å². The van der Waals surface area contributed by atoms with Crippen molar-refractivity contribution in [3.63, 3.8) is 0 Å². The molecule has 0 saturated carbocycles. The SMILES string of the molecule is CSC(CO)C(C)NC(=O)c1cc(C)n(Cc2ccccn2)c1C. The van der Waals surface area contributed by atoms with Gasteiger partial charge >= 0.3 is 0 Å². The first-order valence-corrected chi connectivity index (χ1v) is 9.27. The Balaban J connectivity index is 2.17. The highest BCUT2D eigenvalue weighted by Gasteiger charge is 2.21. The molecule has 0 bridgehead atoms. The van der Waals surface area contributed by atoms with Gasteiger partial charge in [0.05, 0.1) is 24.4 Å². The highest BCUT2D eigenvalue weighted by molar-refractivity contribution is 7.99. The van der Waals surface area contributed by atoms with Crippen LogP contribution in [-0.2, 0) is 6.54 Å². The maximum absolute atomic E-state index is 12.6. The van der Waals surface area contributed by atoms with Gasteiger partial charge < -0.3 is 15.0 Å². The third-order valence-corrected chi connectivity index (χ3v) is 5.43. The second-order valence-electron chi connectivity index (χ2n) is 5.91. The molecule has 2 aromatic rings. The summed E-state index contributed by atoms with van der Waals surface area (Å²) in [6.07, 6.45) is 3.71. The number of rotatable bonds is 7. The number of carbonyl (C=O) groups excluding carboxylic acids is 1. The van der Waals surface area contributed by atoms with Crippen LogP contribution in [0, 0.1) is 13.8 Å². The molecule has 2 N–H and O–H groups in total. The third-order valence-electron chi connectivity index (χ3n) is 4.26. The largest absolute Gasteiger partial charge is 0.395 e. The number of amides is 1. The number of pyridine rings is 1. The molecule has 24 heavy (non-hydrogen) atoms. The molecule has 6 heteroatoms. The average Bonchev–Trinajstić information content (AvgIpc) is 2.85. The number of hydrogen-bond acceptors (Lipinski definition) is 4. The normalized spacial score (nSPS) is 13.5. The summed E-state index contributed by atoms with van der Waals surface area (Å²) in [6, 6.07) is 7.64. The second-order valence-corrected chi connectivity index (χ2v) is 6.99. The zero-order valence-corrected chi connectivity index (χ0v) is 15.4. The number of nitrogens with zero attached hydrogens (tertiary/aromatic N) is 2. The molecule has 2 atom stereocenters. The van der Waals surface area contributed by atoms with Gasteiger partial charge in [0.1, 0.15) is 0 Å². The van der Waals surface area contributed by atoms with Gasteiger partial charge in [-0.1, -0.05) is 6.07 Å². The van der Waals surface area contributed by atoms with E-state index in [0.717, 1.165) is 17.1 Å². The Bertz CT molecular complexity index is 681. The van der Waals surface area contributed by atoms with E-state index < -0.39 is 0 Å². The van der Waals surface area contributed by atoms with Crippen molar-refractivity contribution in [3.05, 3.63) is 53.1 Å². The lowest BCUT2D eigenvalue weighted by molar-refractivity contribution is 0.0935. The maximum atomic E-state index is 12.6. The highest BCUT2D eigenvalue weighted by atomic mass is 32.2. The molecule has 5 nitrogen and oxygen atoms in total. The monoisotopic (exact) mass is 347 g/mol. The Morgan fingerprint density at radius 2 is 2.17 bits per heavy atom. The van der Waals surface area contributed by atoms with Crippen LogP contribution in [0.3, 0.4) is 0 Å². The Labute approximate surface area is 147 Å². The molecule has 0 aliphatic carbocycles. The zero-order valence-electron chi connectivity index (χ0n) is 14.6. The van der Waals surface area contributed by atoms with Crippen molar-refractivity contribution in [2.75, 3.05) is 12.9 Å². The van der Waals surface area contributed by atoms with Crippen LogP contribution in [0.2, 0.25) is 0 Å². The van der Waals surface area contributed by atoms with Crippen molar-refractivity contribution in [2.45, 2.75) is 38.6 Å². The Kier molecular flexibility index (Phi) is 6.45. The highest BCUT2D eigenvalue weighted by Crippen LogP contribution is 2.18. The van der Waals surface area contributed by atoms with Crippen molar-refractivity contribution in [2.24, 2.45) is 0 Å². The van der Waals surface area contributed by atoms with E-state index in [1.54, 1.807) is 18.0 Å². The molecule has 0 aliphatic rings. The lowest BCUT2D eigenvalue weighted by Gasteiger charge is -2.21. The topological polar surface area (TPSA) is 67.2 Å². The standard InChI is InChI=1S/C18H25N3O2S/c1-12-9-16(18(23)20-13(2)17(11-22)24-4)14(3)21(12)10-15-7-5-6-8-19-15/h5-9,13,17,22H,10-11H2,1-4H3,(H,20,23). The number of hydrogen-bond donors (Lipinski definition) is 2. The first-order chi connectivity index (χ1) is 11.5. The molecular formula is C18H25N3O2S. The summed E-state index contributed by atoms with van der Waals surface area (Å²) in [5, 5.41) is 12.3. The van der Waals surface area contributed by atoms with E-state index in [1.165, 1.54) is 0 Å². The molecule has 0 saturated heterocycles. The summed E-state index contributed by atoms with van der Waals surface area (Å²) < 4.78 is 2.10. The van der Waals surface area contributed by atoms with Crippen LogP contribution in [-0.4, -0.2) is 44.7 Å². The lowest BCUT2D eigenvalue weighted by Crippen LogP contribution is -2.41. The maximum Gasteiger partial charge on any atom is 0.253 e. The van der Waals surface area contributed by atoms with Crippen LogP contribution >= 0.6 is 11.8 Å². The minimum atomic E-state index is -0.102. The molecule has 2 heterocycles. The molecule has 0 aliphatic heterocycles. The average molecular weight is 347 g/mol. The molecule has 1 amide bonds. The first-order valence-electron chi connectivity index (χ1n) is 7.99. The predicted molar refractivity (Wildman–Crippen MR) is 98.6 cm³/mol. The van der Waals surface area contributed by atoms with E-state index in [-0.39, 0.29) is 23.8 Å². The molecule has 2 unspecified atom stereocenters. The number of aliphatic hydroxyl groups is 1. The fraction of sp³-hybridized carbons (Fsp3) is 0.444.